The van der Waals surface area contributed by atoms with Crippen molar-refractivity contribution in [1.29, 1.82) is 0 Å². The fourth-order valence-corrected chi connectivity index (χ4v) is 3.07. The summed E-state index contributed by atoms with van der Waals surface area (Å²) >= 11 is 3.44. The molecule has 0 radical (unpaired) electrons. The van der Waals surface area contributed by atoms with Crippen LogP contribution in [0.4, 0.5) is 0 Å². The molecule has 3 aromatic rings. The van der Waals surface area contributed by atoms with E-state index in [9.17, 15) is 4.79 Å². The summed E-state index contributed by atoms with van der Waals surface area (Å²) in [7, 11) is 0. The third-order valence-corrected chi connectivity index (χ3v) is 4.84. The lowest BCUT2D eigenvalue weighted by atomic mass is 10.1. The van der Waals surface area contributed by atoms with Gasteiger partial charge in [0.1, 0.15) is 23.9 Å². The molecule has 0 saturated heterocycles. The maximum absolute atomic E-state index is 12.7. The summed E-state index contributed by atoms with van der Waals surface area (Å²) in [4.78, 5) is 12.7. The molecule has 4 nitrogen and oxygen atoms in total. The molecule has 3 rings (SSSR count). The summed E-state index contributed by atoms with van der Waals surface area (Å²) < 4.78 is 18.1. The number of ether oxygens (including phenoxy) is 3. The molecule has 0 N–H and O–H groups in total. The van der Waals surface area contributed by atoms with Gasteiger partial charge in [0.05, 0.1) is 4.47 Å². The van der Waals surface area contributed by atoms with Crippen LogP contribution < -0.4 is 9.47 Å². The molecule has 1 unspecified atom stereocenters. The molecule has 0 saturated carbocycles. The number of carbonyl (C=O) groups excluding carboxylic acids is 1. The topological polar surface area (TPSA) is 44.8 Å². The molecule has 5 heteroatoms. The Morgan fingerprint density at radius 3 is 2.31 bits per heavy atom. The highest BCUT2D eigenvalue weighted by molar-refractivity contribution is 9.10. The van der Waals surface area contributed by atoms with Crippen LogP contribution in [0.2, 0.25) is 0 Å². The number of halogens is 1. The second-order valence-corrected chi connectivity index (χ2v) is 7.74. The fraction of sp³-hybridized carbons (Fsp3) is 0.208. The Hall–Kier alpha value is -2.79. The van der Waals surface area contributed by atoms with Crippen molar-refractivity contribution in [3.05, 3.63) is 88.9 Å². The summed E-state index contributed by atoms with van der Waals surface area (Å²) in [6, 6.07) is 24.5. The number of esters is 1. The number of hydrogen-bond acceptors (Lipinski definition) is 4. The minimum Gasteiger partial charge on any atom is -0.477 e. The number of para-hydroxylation sites is 2. The first-order chi connectivity index (χ1) is 14.0. The third-order valence-electron chi connectivity index (χ3n) is 4.19. The van der Waals surface area contributed by atoms with E-state index in [1.165, 1.54) is 0 Å². The van der Waals surface area contributed by atoms with Crippen molar-refractivity contribution in [2.45, 2.75) is 26.6 Å². The first-order valence-electron chi connectivity index (χ1n) is 9.42. The van der Waals surface area contributed by atoms with Gasteiger partial charge in [-0.3, -0.25) is 0 Å². The van der Waals surface area contributed by atoms with Gasteiger partial charge in [-0.1, -0.05) is 56.3 Å². The normalized spacial score (nSPS) is 11.7. The van der Waals surface area contributed by atoms with Crippen molar-refractivity contribution >= 4 is 21.9 Å². The average Bonchev–Trinajstić information content (AvgIpc) is 2.72. The Kier molecular flexibility index (Phi) is 7.30. The lowest BCUT2D eigenvalue weighted by Gasteiger charge is -2.21. The highest BCUT2D eigenvalue weighted by Crippen LogP contribution is 2.27. The smallest absolute Gasteiger partial charge is 0.347 e. The molecule has 0 bridgehead atoms. The van der Waals surface area contributed by atoms with Gasteiger partial charge in [0.15, 0.2) is 6.10 Å². The van der Waals surface area contributed by atoms with Gasteiger partial charge in [0, 0.05) is 5.92 Å². The number of benzene rings is 3. The Bertz CT molecular complexity index is 940. The van der Waals surface area contributed by atoms with Crippen LogP contribution in [-0.4, -0.2) is 12.1 Å². The molecule has 0 aliphatic carbocycles. The monoisotopic (exact) mass is 454 g/mol. The van der Waals surface area contributed by atoms with Gasteiger partial charge in [-0.05, 0) is 57.9 Å². The Balaban J connectivity index is 1.62. The van der Waals surface area contributed by atoms with Crippen molar-refractivity contribution in [2.24, 2.45) is 5.92 Å². The van der Waals surface area contributed by atoms with Crippen molar-refractivity contribution in [3.8, 4) is 17.2 Å². The van der Waals surface area contributed by atoms with E-state index in [2.05, 4.69) is 15.9 Å². The molecule has 0 heterocycles. The average molecular weight is 455 g/mol. The molecule has 150 valence electrons. The fourth-order valence-electron chi connectivity index (χ4n) is 2.69. The van der Waals surface area contributed by atoms with E-state index in [1.54, 1.807) is 0 Å². The largest absolute Gasteiger partial charge is 0.477 e. The molecule has 0 spiro atoms. The van der Waals surface area contributed by atoms with Crippen LogP contribution >= 0.6 is 15.9 Å². The molecule has 3 aromatic carbocycles. The van der Waals surface area contributed by atoms with Gasteiger partial charge in [-0.15, -0.1) is 0 Å². The van der Waals surface area contributed by atoms with Crippen molar-refractivity contribution in [2.75, 3.05) is 0 Å². The first-order valence-corrected chi connectivity index (χ1v) is 10.2. The molecule has 0 fully saturated rings. The molecule has 0 amide bonds. The summed E-state index contributed by atoms with van der Waals surface area (Å²) in [5.41, 5.74) is 0.843. The van der Waals surface area contributed by atoms with Crippen molar-refractivity contribution < 1.29 is 19.0 Å². The molecule has 0 aliphatic rings. The van der Waals surface area contributed by atoms with Gasteiger partial charge in [-0.2, -0.15) is 0 Å². The van der Waals surface area contributed by atoms with E-state index >= 15 is 0 Å². The standard InChI is InChI=1S/C24H23BrO4/c1-17(2)23(29-22-14-7-6-13-21(22)25)24(26)27-16-18-9-8-12-20(15-18)28-19-10-4-3-5-11-19/h3-15,17,23H,16H2,1-2H3. The summed E-state index contributed by atoms with van der Waals surface area (Å²) in [6.45, 7) is 4.00. The van der Waals surface area contributed by atoms with Gasteiger partial charge in [0.25, 0.3) is 0 Å². The quantitative estimate of drug-likeness (QED) is 0.370. The van der Waals surface area contributed by atoms with Crippen molar-refractivity contribution in [3.63, 3.8) is 0 Å². The van der Waals surface area contributed by atoms with Crippen LogP contribution in [0.1, 0.15) is 19.4 Å². The SMILES string of the molecule is CC(C)C(Oc1ccccc1Br)C(=O)OCc1cccc(Oc2ccccc2)c1. The molecular formula is C24H23BrO4. The van der Waals surface area contributed by atoms with E-state index in [0.717, 1.165) is 15.8 Å². The molecule has 0 aromatic heterocycles. The highest BCUT2D eigenvalue weighted by Gasteiger charge is 2.26. The predicted molar refractivity (Wildman–Crippen MR) is 116 cm³/mol. The number of carbonyl (C=O) groups is 1. The van der Waals surface area contributed by atoms with Crippen LogP contribution in [-0.2, 0) is 16.1 Å². The molecule has 0 aliphatic heterocycles. The van der Waals surface area contributed by atoms with Gasteiger partial charge in [-0.25, -0.2) is 4.79 Å². The lowest BCUT2D eigenvalue weighted by Crippen LogP contribution is -2.34. The van der Waals surface area contributed by atoms with Crippen LogP contribution in [0.15, 0.2) is 83.3 Å². The zero-order valence-corrected chi connectivity index (χ0v) is 18.0. The van der Waals surface area contributed by atoms with E-state index in [4.69, 9.17) is 14.2 Å². The van der Waals surface area contributed by atoms with Crippen LogP contribution in [0.3, 0.4) is 0 Å². The molecule has 1 atom stereocenters. The Morgan fingerprint density at radius 2 is 1.59 bits per heavy atom. The third kappa shape index (κ3) is 6.09. The van der Waals surface area contributed by atoms with Crippen LogP contribution in [0.25, 0.3) is 0 Å². The second kappa shape index (κ2) is 10.1. The molecular weight excluding hydrogens is 432 g/mol. The summed E-state index contributed by atoms with van der Waals surface area (Å²) in [5.74, 6) is 1.62. The Labute approximate surface area is 179 Å². The van der Waals surface area contributed by atoms with Gasteiger partial charge < -0.3 is 14.2 Å². The van der Waals surface area contributed by atoms with Gasteiger partial charge >= 0.3 is 5.97 Å². The van der Waals surface area contributed by atoms with E-state index in [0.29, 0.717) is 11.5 Å². The lowest BCUT2D eigenvalue weighted by molar-refractivity contribution is -0.155. The zero-order valence-electron chi connectivity index (χ0n) is 16.4. The van der Waals surface area contributed by atoms with Crippen LogP contribution in [0, 0.1) is 5.92 Å². The summed E-state index contributed by atoms with van der Waals surface area (Å²) in [6.07, 6.45) is -0.697. The van der Waals surface area contributed by atoms with E-state index in [1.807, 2.05) is 92.7 Å². The highest BCUT2D eigenvalue weighted by atomic mass is 79.9. The maximum atomic E-state index is 12.7. The first kappa shape index (κ1) is 20.9. The van der Waals surface area contributed by atoms with E-state index in [-0.39, 0.29) is 12.5 Å². The molecule has 29 heavy (non-hydrogen) atoms. The number of hydrogen-bond donors (Lipinski definition) is 0. The maximum Gasteiger partial charge on any atom is 0.347 e. The predicted octanol–water partition coefficient (Wildman–Crippen LogP) is 6.39. The van der Waals surface area contributed by atoms with Gasteiger partial charge in [0.2, 0.25) is 0 Å². The summed E-state index contributed by atoms with van der Waals surface area (Å²) in [5, 5.41) is 0. The zero-order chi connectivity index (χ0) is 20.6. The second-order valence-electron chi connectivity index (χ2n) is 6.88. The minimum absolute atomic E-state index is 0.0395. The minimum atomic E-state index is -0.697. The van der Waals surface area contributed by atoms with E-state index < -0.39 is 12.1 Å². The van der Waals surface area contributed by atoms with Crippen LogP contribution in [0.5, 0.6) is 17.2 Å². The Morgan fingerprint density at radius 1 is 0.897 bits per heavy atom. The number of rotatable bonds is 8. The van der Waals surface area contributed by atoms with Crippen molar-refractivity contribution in [1.82, 2.24) is 0 Å².